The number of aliphatic hydroxyl groups excluding tert-OH is 1. The van der Waals surface area contributed by atoms with Crippen LogP contribution in [-0.2, 0) is 17.6 Å². The summed E-state index contributed by atoms with van der Waals surface area (Å²) in [6, 6.07) is 2.98. The van der Waals surface area contributed by atoms with Crippen molar-refractivity contribution in [3.63, 3.8) is 0 Å². The maximum Gasteiger partial charge on any atom is 0.355 e. The van der Waals surface area contributed by atoms with Crippen molar-refractivity contribution in [3.05, 3.63) is 87.2 Å². The molecule has 0 radical (unpaired) electrons. The molecule has 0 aliphatic carbocycles. The van der Waals surface area contributed by atoms with Crippen LogP contribution in [0.25, 0.3) is 16.7 Å². The predicted molar refractivity (Wildman–Crippen MR) is 177 cm³/mol. The van der Waals surface area contributed by atoms with Crippen LogP contribution >= 0.6 is 11.6 Å². The second-order valence-corrected chi connectivity index (χ2v) is 11.9. The summed E-state index contributed by atoms with van der Waals surface area (Å²) < 4.78 is 29.3. The van der Waals surface area contributed by atoms with Crippen molar-refractivity contribution in [1.29, 1.82) is 0 Å². The molecule has 1 amide bonds. The number of anilines is 1. The van der Waals surface area contributed by atoms with Crippen LogP contribution in [0.15, 0.2) is 59.6 Å². The third-order valence-electron chi connectivity index (χ3n) is 7.89. The van der Waals surface area contributed by atoms with Crippen molar-refractivity contribution >= 4 is 34.4 Å². The Morgan fingerprint density at radius 3 is 2.65 bits per heavy atom. The number of halogens is 3. The predicted octanol–water partition coefficient (Wildman–Crippen LogP) is 5.37. The Bertz CT molecular complexity index is 1810. The first kappa shape index (κ1) is 34.5. The molecule has 0 spiro atoms. The van der Waals surface area contributed by atoms with Gasteiger partial charge in [-0.3, -0.25) is 9.78 Å². The highest BCUT2D eigenvalue weighted by Gasteiger charge is 2.34. The molecule has 0 saturated carbocycles. The summed E-state index contributed by atoms with van der Waals surface area (Å²) in [4.78, 5) is 44.3. The van der Waals surface area contributed by atoms with Gasteiger partial charge in [0, 0.05) is 50.5 Å². The van der Waals surface area contributed by atoms with E-state index in [1.807, 2.05) is 32.6 Å². The molecule has 1 aliphatic heterocycles. The molecule has 46 heavy (non-hydrogen) atoms. The summed E-state index contributed by atoms with van der Waals surface area (Å²) >= 11 is 6.73. The number of piperazine rings is 1. The summed E-state index contributed by atoms with van der Waals surface area (Å²) in [5, 5.41) is 10.2. The zero-order chi connectivity index (χ0) is 33.7. The summed E-state index contributed by atoms with van der Waals surface area (Å²) in [7, 11) is 0. The van der Waals surface area contributed by atoms with E-state index >= 15 is 0 Å². The van der Waals surface area contributed by atoms with Crippen molar-refractivity contribution < 1.29 is 18.7 Å². The molecule has 3 aromatic heterocycles. The molecule has 9 nitrogen and oxygen atoms in total. The third kappa shape index (κ3) is 7.19. The lowest BCUT2D eigenvalue weighted by Gasteiger charge is -2.44. The number of hydrogen-bond acceptors (Lipinski definition) is 7. The van der Waals surface area contributed by atoms with Crippen LogP contribution in [0.1, 0.15) is 57.0 Å². The molecular weight excluding hydrogens is 614 g/mol. The maximum atomic E-state index is 14.4. The van der Waals surface area contributed by atoms with E-state index in [-0.39, 0.29) is 53.3 Å². The summed E-state index contributed by atoms with van der Waals surface area (Å²) in [6.07, 6.45) is 10.4. The van der Waals surface area contributed by atoms with Gasteiger partial charge in [0.05, 0.1) is 27.5 Å². The molecule has 1 aliphatic rings. The molecule has 1 saturated heterocycles. The normalized spacial score (nSPS) is 17.5. The molecule has 2 atom stereocenters. The first-order valence-electron chi connectivity index (χ1n) is 15.0. The minimum absolute atomic E-state index is 0.0490. The van der Waals surface area contributed by atoms with Gasteiger partial charge in [0.2, 0.25) is 5.91 Å². The average molecular weight is 651 g/mol. The standard InChI is InChI=1S/C34H37ClF2N6O3/c1-7-24(36)16-25(37)11-12-28-27(35)17-26-32(42-19-21(5)41(18-22(42)6)29(45)8-2)40-34(46)43(33(26)39-28)31-23(10-9-15-44)13-14-38-30(31)20(3)4/h1,8,11,13-14,16-17,20-22,44H,2,9-10,12,15,18-19H2,3-6H3/b24-16+,25-11+/t21-,22+/m1/s1. The Hall–Kier alpha value is -4.40. The minimum Gasteiger partial charge on any atom is -0.396 e. The number of hydrogen-bond donors (Lipinski definition) is 1. The number of carbonyl (C=O) groups is 1. The van der Waals surface area contributed by atoms with Gasteiger partial charge in [-0.25, -0.2) is 18.7 Å². The van der Waals surface area contributed by atoms with Gasteiger partial charge in [-0.05, 0) is 68.4 Å². The van der Waals surface area contributed by atoms with Crippen molar-refractivity contribution in [2.24, 2.45) is 0 Å². The third-order valence-corrected chi connectivity index (χ3v) is 8.22. The Balaban J connectivity index is 2.02. The van der Waals surface area contributed by atoms with Crippen LogP contribution < -0.4 is 10.6 Å². The van der Waals surface area contributed by atoms with Gasteiger partial charge in [-0.2, -0.15) is 9.37 Å². The number of fused-ring (bicyclic) bond motifs is 1. The van der Waals surface area contributed by atoms with Crippen molar-refractivity contribution in [2.75, 3.05) is 24.6 Å². The van der Waals surface area contributed by atoms with E-state index in [1.165, 1.54) is 10.6 Å². The molecular formula is C34H37ClF2N6O3. The average Bonchev–Trinajstić information content (AvgIpc) is 3.03. The van der Waals surface area contributed by atoms with Crippen molar-refractivity contribution in [3.8, 4) is 18.0 Å². The highest BCUT2D eigenvalue weighted by atomic mass is 35.5. The fourth-order valence-electron chi connectivity index (χ4n) is 5.63. The number of allylic oxidation sites excluding steroid dienone is 4. The molecule has 0 unspecified atom stereocenters. The zero-order valence-electron chi connectivity index (χ0n) is 26.3. The molecule has 4 heterocycles. The largest absolute Gasteiger partial charge is 0.396 e. The number of aromatic nitrogens is 4. The quantitative estimate of drug-likeness (QED) is 0.179. The first-order valence-corrected chi connectivity index (χ1v) is 15.4. The molecule has 0 bridgehead atoms. The van der Waals surface area contributed by atoms with Gasteiger partial charge in [0.25, 0.3) is 0 Å². The highest BCUT2D eigenvalue weighted by Crippen LogP contribution is 2.34. The summed E-state index contributed by atoms with van der Waals surface area (Å²) in [5.74, 6) is -0.187. The Labute approximate surface area is 271 Å². The molecule has 3 aromatic rings. The van der Waals surface area contributed by atoms with E-state index in [0.29, 0.717) is 54.6 Å². The second kappa shape index (κ2) is 14.8. The number of aliphatic hydroxyl groups is 1. The van der Waals surface area contributed by atoms with Gasteiger partial charge in [-0.15, -0.1) is 6.42 Å². The number of carbonyl (C=O) groups excluding carboxylic acids is 1. The number of aryl methyl sites for hydroxylation is 1. The fraction of sp³-hybridized carbons (Fsp3) is 0.382. The molecule has 12 heteroatoms. The summed E-state index contributed by atoms with van der Waals surface area (Å²) in [6.45, 7) is 12.0. The SMILES string of the molecule is C#C/C(F)=C\C(F)=C/Cc1nc2c(cc1Cl)c(N1C[C@@H](C)N(C(=O)C=C)C[C@@H]1C)nc(=O)n2-c1c(CCCO)ccnc1C(C)C. The van der Waals surface area contributed by atoms with E-state index in [9.17, 15) is 23.5 Å². The lowest BCUT2D eigenvalue weighted by atomic mass is 10.0. The van der Waals surface area contributed by atoms with Crippen LogP contribution in [0.4, 0.5) is 14.6 Å². The van der Waals surface area contributed by atoms with Gasteiger partial charge >= 0.3 is 5.69 Å². The monoisotopic (exact) mass is 650 g/mol. The molecule has 0 aromatic carbocycles. The molecule has 4 rings (SSSR count). The summed E-state index contributed by atoms with van der Waals surface area (Å²) in [5.41, 5.74) is 1.74. The number of amides is 1. The number of rotatable bonds is 10. The number of pyridine rings is 2. The lowest BCUT2D eigenvalue weighted by molar-refractivity contribution is -0.128. The second-order valence-electron chi connectivity index (χ2n) is 11.5. The lowest BCUT2D eigenvalue weighted by Crippen LogP contribution is -2.58. The Morgan fingerprint density at radius 2 is 2.00 bits per heavy atom. The Morgan fingerprint density at radius 1 is 1.26 bits per heavy atom. The van der Waals surface area contributed by atoms with Gasteiger partial charge in [0.15, 0.2) is 11.5 Å². The smallest absolute Gasteiger partial charge is 0.355 e. The van der Waals surface area contributed by atoms with Crippen molar-refractivity contribution in [2.45, 2.75) is 65.0 Å². The number of terminal acetylenes is 1. The van der Waals surface area contributed by atoms with E-state index in [2.05, 4.69) is 16.5 Å². The van der Waals surface area contributed by atoms with Gasteiger partial charge < -0.3 is 14.9 Å². The van der Waals surface area contributed by atoms with E-state index in [1.54, 1.807) is 29.1 Å². The van der Waals surface area contributed by atoms with E-state index < -0.39 is 17.3 Å². The van der Waals surface area contributed by atoms with Crippen LogP contribution in [0.2, 0.25) is 5.02 Å². The van der Waals surface area contributed by atoms with Crippen LogP contribution in [-0.4, -0.2) is 67.2 Å². The van der Waals surface area contributed by atoms with Crippen LogP contribution in [0.5, 0.6) is 0 Å². The van der Waals surface area contributed by atoms with Crippen molar-refractivity contribution in [1.82, 2.24) is 24.4 Å². The zero-order valence-corrected chi connectivity index (χ0v) is 27.1. The van der Waals surface area contributed by atoms with E-state index in [0.717, 1.165) is 11.6 Å². The molecule has 242 valence electrons. The molecule has 1 N–H and O–H groups in total. The fourth-order valence-corrected chi connectivity index (χ4v) is 5.86. The highest BCUT2D eigenvalue weighted by molar-refractivity contribution is 6.32. The maximum absolute atomic E-state index is 14.4. The van der Waals surface area contributed by atoms with Gasteiger partial charge in [-0.1, -0.05) is 32.0 Å². The molecule has 1 fully saturated rings. The number of nitrogens with zero attached hydrogens (tertiary/aromatic N) is 6. The van der Waals surface area contributed by atoms with Crippen LogP contribution in [0, 0.1) is 12.3 Å². The minimum atomic E-state index is -1.07. The van der Waals surface area contributed by atoms with E-state index in [4.69, 9.17) is 23.0 Å². The van der Waals surface area contributed by atoms with Gasteiger partial charge in [0.1, 0.15) is 11.6 Å². The Kier molecular flexibility index (Phi) is 11.1. The van der Waals surface area contributed by atoms with Crippen LogP contribution in [0.3, 0.4) is 0 Å². The first-order chi connectivity index (χ1) is 21.9. The topological polar surface area (TPSA) is 104 Å².